The van der Waals surface area contributed by atoms with Gasteiger partial charge >= 0.3 is 0 Å². The maximum Gasteiger partial charge on any atom is 0.129 e. The van der Waals surface area contributed by atoms with Gasteiger partial charge in [-0.15, -0.1) is 11.6 Å². The van der Waals surface area contributed by atoms with Crippen LogP contribution in [0.15, 0.2) is 12.1 Å². The third kappa shape index (κ3) is 3.12. The normalized spacial score (nSPS) is 15.7. The number of hydrogen-bond acceptors (Lipinski definition) is 2. The van der Waals surface area contributed by atoms with Crippen molar-refractivity contribution >= 4 is 17.4 Å². The molecule has 2 rings (SSSR count). The summed E-state index contributed by atoms with van der Waals surface area (Å²) in [7, 11) is 0. The maximum absolute atomic E-state index is 5.92. The van der Waals surface area contributed by atoms with Crippen LogP contribution in [-0.4, -0.2) is 18.1 Å². The van der Waals surface area contributed by atoms with Crippen molar-refractivity contribution < 1.29 is 0 Å². The first-order valence-electron chi connectivity index (χ1n) is 6.51. The quantitative estimate of drug-likeness (QED) is 0.742. The van der Waals surface area contributed by atoms with Crippen molar-refractivity contribution in [3.05, 3.63) is 23.4 Å². The van der Waals surface area contributed by atoms with Crippen LogP contribution in [0.3, 0.4) is 0 Å². The first kappa shape index (κ1) is 12.7. The second-order valence-corrected chi connectivity index (χ2v) is 5.21. The van der Waals surface area contributed by atoms with E-state index in [9.17, 15) is 0 Å². The molecule has 0 bridgehead atoms. The molecule has 0 saturated heterocycles. The van der Waals surface area contributed by atoms with E-state index in [-0.39, 0.29) is 0 Å². The lowest BCUT2D eigenvalue weighted by atomic mass is 9.85. The fourth-order valence-corrected chi connectivity index (χ4v) is 2.49. The fraction of sp³-hybridized carbons (Fsp3) is 0.643. The molecule has 0 spiro atoms. The average Bonchev–Trinajstić information content (AvgIpc) is 2.27. The Morgan fingerprint density at radius 2 is 2.18 bits per heavy atom. The van der Waals surface area contributed by atoms with Crippen molar-refractivity contribution in [1.82, 2.24) is 4.98 Å². The van der Waals surface area contributed by atoms with Crippen LogP contribution in [0, 0.1) is 12.8 Å². The molecule has 0 radical (unpaired) electrons. The van der Waals surface area contributed by atoms with Crippen LogP contribution in [0.2, 0.25) is 0 Å². The van der Waals surface area contributed by atoms with Gasteiger partial charge in [0.05, 0.1) is 0 Å². The van der Waals surface area contributed by atoms with Gasteiger partial charge in [0.15, 0.2) is 0 Å². The predicted octanol–water partition coefficient (Wildman–Crippen LogP) is 3.76. The predicted molar refractivity (Wildman–Crippen MR) is 73.8 cm³/mol. The van der Waals surface area contributed by atoms with E-state index in [1.54, 1.807) is 0 Å². The third-order valence-electron chi connectivity index (χ3n) is 3.56. The van der Waals surface area contributed by atoms with Gasteiger partial charge < -0.3 is 4.90 Å². The fourth-order valence-electron chi connectivity index (χ4n) is 2.33. The van der Waals surface area contributed by atoms with Crippen molar-refractivity contribution in [3.8, 4) is 0 Å². The summed E-state index contributed by atoms with van der Waals surface area (Å²) in [6, 6.07) is 4.19. The number of nitrogens with zero attached hydrogens (tertiary/aromatic N) is 2. The lowest BCUT2D eigenvalue weighted by Crippen LogP contribution is -2.33. The highest BCUT2D eigenvalue weighted by Crippen LogP contribution is 2.28. The Morgan fingerprint density at radius 1 is 1.41 bits per heavy atom. The summed E-state index contributed by atoms with van der Waals surface area (Å²) in [5, 5.41) is 0. The lowest BCUT2D eigenvalue weighted by molar-refractivity contribution is 0.318. The van der Waals surface area contributed by atoms with E-state index in [2.05, 4.69) is 28.9 Å². The van der Waals surface area contributed by atoms with Crippen LogP contribution < -0.4 is 4.90 Å². The minimum Gasteiger partial charge on any atom is -0.357 e. The van der Waals surface area contributed by atoms with Gasteiger partial charge in [-0.3, -0.25) is 0 Å². The van der Waals surface area contributed by atoms with E-state index in [0.29, 0.717) is 5.88 Å². The average molecular weight is 253 g/mol. The molecule has 0 aliphatic heterocycles. The summed E-state index contributed by atoms with van der Waals surface area (Å²) in [6.07, 6.45) is 4.16. The van der Waals surface area contributed by atoms with Crippen molar-refractivity contribution in [2.24, 2.45) is 5.92 Å². The first-order chi connectivity index (χ1) is 8.22. The Balaban J connectivity index is 2.13. The monoisotopic (exact) mass is 252 g/mol. The number of halogens is 1. The molecule has 0 aromatic carbocycles. The van der Waals surface area contributed by atoms with Gasteiger partial charge in [0, 0.05) is 24.7 Å². The minimum absolute atomic E-state index is 0.567. The first-order valence-corrected chi connectivity index (χ1v) is 7.05. The zero-order chi connectivity index (χ0) is 12.3. The Kier molecular flexibility index (Phi) is 4.27. The topological polar surface area (TPSA) is 16.1 Å². The van der Waals surface area contributed by atoms with Gasteiger partial charge in [0.25, 0.3) is 0 Å². The molecular weight excluding hydrogens is 232 g/mol. The number of rotatable bonds is 5. The zero-order valence-electron chi connectivity index (χ0n) is 10.7. The molecule has 1 aromatic rings. The molecule has 0 atom stereocenters. The molecule has 1 heterocycles. The van der Waals surface area contributed by atoms with Crippen molar-refractivity contribution in [2.75, 3.05) is 18.0 Å². The van der Waals surface area contributed by atoms with E-state index in [4.69, 9.17) is 11.6 Å². The second kappa shape index (κ2) is 5.72. The number of aromatic nitrogens is 1. The molecular formula is C14H21ClN2. The molecule has 1 aliphatic carbocycles. The van der Waals surface area contributed by atoms with Crippen LogP contribution in [0.1, 0.15) is 37.4 Å². The summed E-state index contributed by atoms with van der Waals surface area (Å²) in [5.41, 5.74) is 2.23. The molecule has 1 aliphatic rings. The van der Waals surface area contributed by atoms with Crippen molar-refractivity contribution in [3.63, 3.8) is 0 Å². The summed E-state index contributed by atoms with van der Waals surface area (Å²) in [5.74, 6) is 2.53. The summed E-state index contributed by atoms with van der Waals surface area (Å²) < 4.78 is 0. The standard InChI is InChI=1S/C14H21ClN2/c1-3-17(10-12-5-4-6-12)14-8-13(9-15)7-11(2)16-14/h7-8,12H,3-6,9-10H2,1-2H3. The molecule has 0 amide bonds. The molecule has 1 fully saturated rings. The van der Waals surface area contributed by atoms with Gasteiger partial charge in [0.1, 0.15) is 5.82 Å². The number of aryl methyl sites for hydroxylation is 1. The van der Waals surface area contributed by atoms with Gasteiger partial charge in [-0.1, -0.05) is 6.42 Å². The summed E-state index contributed by atoms with van der Waals surface area (Å²) in [4.78, 5) is 7.01. The van der Waals surface area contributed by atoms with Crippen molar-refractivity contribution in [1.29, 1.82) is 0 Å². The molecule has 3 heteroatoms. The SMILES string of the molecule is CCN(CC1CCC1)c1cc(CCl)cc(C)n1. The molecule has 0 unspecified atom stereocenters. The largest absolute Gasteiger partial charge is 0.357 e. The Hall–Kier alpha value is -0.760. The maximum atomic E-state index is 5.92. The van der Waals surface area contributed by atoms with Crippen molar-refractivity contribution in [2.45, 2.75) is 39.0 Å². The van der Waals surface area contributed by atoms with Gasteiger partial charge in [0.2, 0.25) is 0 Å². The van der Waals surface area contributed by atoms with Gasteiger partial charge in [-0.2, -0.15) is 0 Å². The molecule has 1 aromatic heterocycles. The van der Waals surface area contributed by atoms with E-state index >= 15 is 0 Å². The van der Waals surface area contributed by atoms with E-state index in [1.807, 2.05) is 6.92 Å². The third-order valence-corrected chi connectivity index (χ3v) is 3.87. The molecule has 2 nitrogen and oxygen atoms in total. The van der Waals surface area contributed by atoms with E-state index < -0.39 is 0 Å². The highest BCUT2D eigenvalue weighted by atomic mass is 35.5. The van der Waals surface area contributed by atoms with E-state index in [0.717, 1.165) is 30.5 Å². The van der Waals surface area contributed by atoms with Crippen LogP contribution >= 0.6 is 11.6 Å². The number of hydrogen-bond donors (Lipinski definition) is 0. The summed E-state index contributed by atoms with van der Waals surface area (Å²) >= 11 is 5.92. The molecule has 0 N–H and O–H groups in total. The Labute approximate surface area is 109 Å². The van der Waals surface area contributed by atoms with E-state index in [1.165, 1.54) is 24.8 Å². The lowest BCUT2D eigenvalue weighted by Gasteiger charge is -2.32. The van der Waals surface area contributed by atoms with Gasteiger partial charge in [-0.25, -0.2) is 4.98 Å². The highest BCUT2D eigenvalue weighted by Gasteiger charge is 2.20. The number of anilines is 1. The smallest absolute Gasteiger partial charge is 0.129 e. The van der Waals surface area contributed by atoms with Crippen LogP contribution in [0.25, 0.3) is 0 Å². The van der Waals surface area contributed by atoms with Crippen LogP contribution in [0.5, 0.6) is 0 Å². The Morgan fingerprint density at radius 3 is 2.71 bits per heavy atom. The second-order valence-electron chi connectivity index (χ2n) is 4.94. The molecule has 17 heavy (non-hydrogen) atoms. The Bertz CT molecular complexity index is 374. The zero-order valence-corrected chi connectivity index (χ0v) is 11.5. The molecule has 94 valence electrons. The van der Waals surface area contributed by atoms with Crippen LogP contribution in [0.4, 0.5) is 5.82 Å². The minimum atomic E-state index is 0.567. The molecule has 1 saturated carbocycles. The number of pyridine rings is 1. The highest BCUT2D eigenvalue weighted by molar-refractivity contribution is 6.17. The van der Waals surface area contributed by atoms with Crippen LogP contribution in [-0.2, 0) is 5.88 Å². The van der Waals surface area contributed by atoms with Gasteiger partial charge in [-0.05, 0) is 50.3 Å². The summed E-state index contributed by atoms with van der Waals surface area (Å²) in [6.45, 7) is 6.41. The number of alkyl halides is 1.